The van der Waals surface area contributed by atoms with Gasteiger partial charge in [-0.1, -0.05) is 17.7 Å². The van der Waals surface area contributed by atoms with Gasteiger partial charge in [-0.05, 0) is 24.3 Å². The van der Waals surface area contributed by atoms with E-state index in [1.165, 1.54) is 12.1 Å². The van der Waals surface area contributed by atoms with Crippen LogP contribution in [-0.4, -0.2) is 18.0 Å². The molecule has 1 aromatic heterocycles. The first-order chi connectivity index (χ1) is 9.10. The number of nitrogens with two attached hydrogens (primary N) is 1. The van der Waals surface area contributed by atoms with Gasteiger partial charge in [0.2, 0.25) is 0 Å². The van der Waals surface area contributed by atoms with Crippen molar-refractivity contribution in [3.63, 3.8) is 0 Å². The molecule has 3 N–H and O–H groups in total. The minimum Gasteiger partial charge on any atom is -0.497 e. The molecule has 1 aromatic carbocycles. The number of methoxy groups -OCH3 is 1. The van der Waals surface area contributed by atoms with Crippen LogP contribution in [0.25, 0.3) is 0 Å². The molecule has 2 aromatic rings. The fraction of sp³-hybridized carbons (Fsp3) is 0.0769. The number of ether oxygens (including phenoxy) is 1. The van der Waals surface area contributed by atoms with Crippen molar-refractivity contribution in [1.29, 1.82) is 0 Å². The number of hydrogen-bond acceptors (Lipinski definition) is 4. The molecule has 0 saturated heterocycles. The number of benzene rings is 1. The summed E-state index contributed by atoms with van der Waals surface area (Å²) >= 11 is 5.91. The van der Waals surface area contributed by atoms with Crippen LogP contribution >= 0.6 is 11.6 Å². The summed E-state index contributed by atoms with van der Waals surface area (Å²) in [7, 11) is 1.55. The van der Waals surface area contributed by atoms with Crippen LogP contribution in [0.15, 0.2) is 36.4 Å². The molecule has 0 unspecified atom stereocenters. The monoisotopic (exact) mass is 277 g/mol. The van der Waals surface area contributed by atoms with Gasteiger partial charge in [0.05, 0.1) is 12.1 Å². The summed E-state index contributed by atoms with van der Waals surface area (Å²) in [5.74, 6) is 0.454. The highest BCUT2D eigenvalue weighted by Crippen LogP contribution is 2.20. The maximum atomic E-state index is 12.0. The van der Waals surface area contributed by atoms with E-state index in [2.05, 4.69) is 10.3 Å². The number of halogens is 1. The molecule has 0 spiro atoms. The zero-order valence-electron chi connectivity index (χ0n) is 10.2. The van der Waals surface area contributed by atoms with E-state index >= 15 is 0 Å². The van der Waals surface area contributed by atoms with E-state index in [-0.39, 0.29) is 16.5 Å². The van der Waals surface area contributed by atoms with Crippen LogP contribution in [0.5, 0.6) is 5.75 Å². The first-order valence-electron chi connectivity index (χ1n) is 5.47. The van der Waals surface area contributed by atoms with Gasteiger partial charge in [-0.25, -0.2) is 4.98 Å². The number of nitrogens with zero attached hydrogens (tertiary/aromatic N) is 1. The first-order valence-corrected chi connectivity index (χ1v) is 5.85. The van der Waals surface area contributed by atoms with Gasteiger partial charge in [0.15, 0.2) is 0 Å². The van der Waals surface area contributed by atoms with E-state index in [0.717, 1.165) is 0 Å². The Bertz CT molecular complexity index is 617. The summed E-state index contributed by atoms with van der Waals surface area (Å²) in [5, 5.41) is 2.92. The van der Waals surface area contributed by atoms with Crippen LogP contribution in [0.2, 0.25) is 5.02 Å². The van der Waals surface area contributed by atoms with Gasteiger partial charge >= 0.3 is 0 Å². The summed E-state index contributed by atoms with van der Waals surface area (Å²) in [5.41, 5.74) is 6.21. The molecule has 5 nitrogen and oxygen atoms in total. The molecule has 0 saturated carbocycles. The molecular weight excluding hydrogens is 266 g/mol. The Kier molecular flexibility index (Phi) is 3.87. The lowest BCUT2D eigenvalue weighted by atomic mass is 10.2. The second-order valence-corrected chi connectivity index (χ2v) is 4.16. The standard InChI is InChI=1S/C13H12ClN3O2/c1-19-9-4-2-3-8(7-9)16-13(18)12-10(14)5-6-11(15)17-12/h2-7H,1H3,(H2,15,17)(H,16,18). The Morgan fingerprint density at radius 1 is 1.37 bits per heavy atom. The van der Waals surface area contributed by atoms with Crippen LogP contribution in [0, 0.1) is 0 Å². The van der Waals surface area contributed by atoms with Crippen LogP contribution in [0.1, 0.15) is 10.5 Å². The summed E-state index contributed by atoms with van der Waals surface area (Å²) in [6, 6.07) is 10.0. The molecule has 0 radical (unpaired) electrons. The summed E-state index contributed by atoms with van der Waals surface area (Å²) in [4.78, 5) is 15.9. The number of anilines is 2. The van der Waals surface area contributed by atoms with Gasteiger partial charge in [0, 0.05) is 11.8 Å². The number of hydrogen-bond donors (Lipinski definition) is 2. The maximum Gasteiger partial charge on any atom is 0.275 e. The zero-order valence-corrected chi connectivity index (χ0v) is 10.9. The number of carbonyl (C=O) groups excluding carboxylic acids is 1. The van der Waals surface area contributed by atoms with Crippen molar-refractivity contribution in [2.75, 3.05) is 18.2 Å². The highest BCUT2D eigenvalue weighted by molar-refractivity contribution is 6.34. The third-order valence-corrected chi connectivity index (χ3v) is 2.72. The van der Waals surface area contributed by atoms with Crippen LogP contribution in [0.4, 0.5) is 11.5 Å². The number of nitrogen functional groups attached to an aromatic ring is 1. The highest BCUT2D eigenvalue weighted by atomic mass is 35.5. The number of pyridine rings is 1. The Morgan fingerprint density at radius 2 is 2.16 bits per heavy atom. The van der Waals surface area contributed by atoms with Crippen molar-refractivity contribution in [2.45, 2.75) is 0 Å². The third kappa shape index (κ3) is 3.14. The molecule has 6 heteroatoms. The largest absolute Gasteiger partial charge is 0.497 e. The number of carbonyl (C=O) groups is 1. The average Bonchev–Trinajstić information content (AvgIpc) is 2.41. The van der Waals surface area contributed by atoms with E-state index in [4.69, 9.17) is 22.1 Å². The zero-order chi connectivity index (χ0) is 13.8. The lowest BCUT2D eigenvalue weighted by Crippen LogP contribution is -2.15. The highest BCUT2D eigenvalue weighted by Gasteiger charge is 2.13. The normalized spacial score (nSPS) is 10.0. The molecule has 0 aliphatic heterocycles. The van der Waals surface area contributed by atoms with Gasteiger partial charge in [-0.2, -0.15) is 0 Å². The Labute approximate surface area is 115 Å². The SMILES string of the molecule is COc1cccc(NC(=O)c2nc(N)ccc2Cl)c1. The van der Waals surface area contributed by atoms with Crippen molar-refractivity contribution < 1.29 is 9.53 Å². The molecule has 1 amide bonds. The van der Waals surface area contributed by atoms with E-state index < -0.39 is 5.91 Å². The maximum absolute atomic E-state index is 12.0. The summed E-state index contributed by atoms with van der Waals surface area (Å²) in [6.07, 6.45) is 0. The van der Waals surface area contributed by atoms with Crippen molar-refractivity contribution >= 4 is 29.0 Å². The molecule has 19 heavy (non-hydrogen) atoms. The van der Waals surface area contributed by atoms with Crippen LogP contribution in [0.3, 0.4) is 0 Å². The van der Waals surface area contributed by atoms with Gasteiger partial charge in [-0.15, -0.1) is 0 Å². The molecule has 0 fully saturated rings. The average molecular weight is 278 g/mol. The minimum absolute atomic E-state index is 0.0875. The molecule has 98 valence electrons. The molecule has 0 atom stereocenters. The number of rotatable bonds is 3. The van der Waals surface area contributed by atoms with Gasteiger partial charge in [0.1, 0.15) is 17.3 Å². The number of aromatic nitrogens is 1. The predicted octanol–water partition coefficient (Wildman–Crippen LogP) is 2.58. The lowest BCUT2D eigenvalue weighted by molar-refractivity contribution is 0.102. The van der Waals surface area contributed by atoms with E-state index in [9.17, 15) is 4.79 Å². The van der Waals surface area contributed by atoms with Gasteiger partial charge < -0.3 is 15.8 Å². The smallest absolute Gasteiger partial charge is 0.275 e. The molecule has 1 heterocycles. The molecular formula is C13H12ClN3O2. The molecule has 0 bridgehead atoms. The third-order valence-electron chi connectivity index (χ3n) is 2.41. The summed E-state index contributed by atoms with van der Waals surface area (Å²) in [6.45, 7) is 0. The molecule has 0 aliphatic carbocycles. The first kappa shape index (κ1) is 13.2. The minimum atomic E-state index is -0.425. The topological polar surface area (TPSA) is 77.2 Å². The molecule has 2 rings (SSSR count). The summed E-state index contributed by atoms with van der Waals surface area (Å²) < 4.78 is 5.07. The molecule has 0 aliphatic rings. The van der Waals surface area contributed by atoms with Crippen LogP contribution in [-0.2, 0) is 0 Å². The lowest BCUT2D eigenvalue weighted by Gasteiger charge is -2.08. The Hall–Kier alpha value is -2.27. The number of amides is 1. The van der Waals surface area contributed by atoms with E-state index in [0.29, 0.717) is 11.4 Å². The second-order valence-electron chi connectivity index (χ2n) is 3.75. The second kappa shape index (κ2) is 5.58. The Balaban J connectivity index is 2.23. The van der Waals surface area contributed by atoms with Crippen molar-refractivity contribution in [3.05, 3.63) is 47.1 Å². The van der Waals surface area contributed by atoms with E-state index in [1.807, 2.05) is 0 Å². The van der Waals surface area contributed by atoms with Crippen molar-refractivity contribution in [1.82, 2.24) is 4.98 Å². The van der Waals surface area contributed by atoms with E-state index in [1.54, 1.807) is 31.4 Å². The number of nitrogens with one attached hydrogen (secondary N) is 1. The fourth-order valence-corrected chi connectivity index (χ4v) is 1.70. The predicted molar refractivity (Wildman–Crippen MR) is 74.6 cm³/mol. The van der Waals surface area contributed by atoms with Crippen molar-refractivity contribution in [3.8, 4) is 5.75 Å². The van der Waals surface area contributed by atoms with Crippen molar-refractivity contribution in [2.24, 2.45) is 0 Å². The quantitative estimate of drug-likeness (QED) is 0.904. The van der Waals surface area contributed by atoms with Gasteiger partial charge in [0.25, 0.3) is 5.91 Å². The Morgan fingerprint density at radius 3 is 2.89 bits per heavy atom. The van der Waals surface area contributed by atoms with Gasteiger partial charge in [-0.3, -0.25) is 4.79 Å². The fourth-order valence-electron chi connectivity index (χ4n) is 1.51. The van der Waals surface area contributed by atoms with Crippen LogP contribution < -0.4 is 15.8 Å².